The molecule has 0 spiro atoms. The third-order valence-corrected chi connectivity index (χ3v) is 3.24. The maximum atomic E-state index is 8.90. The Morgan fingerprint density at radius 2 is 1.14 bits per heavy atom. The average Bonchev–Trinajstić information content (AvgIpc) is 2.54. The van der Waals surface area contributed by atoms with Crippen molar-refractivity contribution in [2.45, 2.75) is 58.8 Å². The van der Waals surface area contributed by atoms with Crippen molar-refractivity contribution < 1.29 is 5.11 Å². The quantitative estimate of drug-likeness (QED) is 0.320. The van der Waals surface area contributed by atoms with Crippen molar-refractivity contribution in [2.75, 3.05) is 6.61 Å². The Balaban J connectivity index is 3.46. The molecule has 0 fully saturated rings. The lowest BCUT2D eigenvalue weighted by molar-refractivity contribution is 0.239. The molecule has 0 rings (SSSR count). The van der Waals surface area contributed by atoms with E-state index in [9.17, 15) is 0 Å². The van der Waals surface area contributed by atoms with E-state index in [4.69, 9.17) is 5.11 Å². The zero-order valence-electron chi connectivity index (χ0n) is 14.5. The highest BCUT2D eigenvalue weighted by Crippen LogP contribution is 2.03. The lowest BCUT2D eigenvalue weighted by Crippen LogP contribution is -1.97. The van der Waals surface area contributed by atoms with Gasteiger partial charge in [0.1, 0.15) is 0 Å². The first-order chi connectivity index (χ1) is 10.8. The van der Waals surface area contributed by atoms with Crippen LogP contribution in [0.25, 0.3) is 0 Å². The first-order valence-electron chi connectivity index (χ1n) is 8.67. The first kappa shape index (κ1) is 20.7. The van der Waals surface area contributed by atoms with Crippen LogP contribution in [0, 0.1) is 5.92 Å². The molecule has 0 amide bonds. The first-order valence-corrected chi connectivity index (χ1v) is 8.67. The van der Waals surface area contributed by atoms with Gasteiger partial charge in [-0.15, -0.1) is 0 Å². The van der Waals surface area contributed by atoms with E-state index >= 15 is 0 Å². The molecule has 124 valence electrons. The SMILES string of the molecule is CC/C=C\C/C=C\C/C=C\C/C=C\CC/C=C/CC(C)CO. The summed E-state index contributed by atoms with van der Waals surface area (Å²) >= 11 is 0. The molecule has 0 heterocycles. The van der Waals surface area contributed by atoms with E-state index in [0.717, 1.165) is 44.9 Å². The van der Waals surface area contributed by atoms with E-state index in [1.807, 2.05) is 0 Å². The van der Waals surface area contributed by atoms with Gasteiger partial charge in [0.05, 0.1) is 0 Å². The predicted molar refractivity (Wildman–Crippen MR) is 99.9 cm³/mol. The number of aliphatic hydroxyl groups excluding tert-OH is 1. The van der Waals surface area contributed by atoms with Gasteiger partial charge in [-0.3, -0.25) is 0 Å². The van der Waals surface area contributed by atoms with Crippen LogP contribution >= 0.6 is 0 Å². The van der Waals surface area contributed by atoms with Crippen LogP contribution < -0.4 is 0 Å². The van der Waals surface area contributed by atoms with Crippen molar-refractivity contribution in [3.63, 3.8) is 0 Å². The molecule has 1 nitrogen and oxygen atoms in total. The van der Waals surface area contributed by atoms with Crippen LogP contribution in [0.5, 0.6) is 0 Å². The molecule has 0 saturated carbocycles. The third kappa shape index (κ3) is 16.7. The van der Waals surface area contributed by atoms with Crippen LogP contribution in [-0.4, -0.2) is 11.7 Å². The van der Waals surface area contributed by atoms with E-state index in [1.165, 1.54) is 0 Å². The van der Waals surface area contributed by atoms with Gasteiger partial charge >= 0.3 is 0 Å². The Kier molecular flexibility index (Phi) is 16.6. The second kappa shape index (κ2) is 17.7. The predicted octanol–water partition coefficient (Wildman–Crippen LogP) is 6.15. The summed E-state index contributed by atoms with van der Waals surface area (Å²) < 4.78 is 0. The van der Waals surface area contributed by atoms with Gasteiger partial charge < -0.3 is 5.11 Å². The van der Waals surface area contributed by atoms with Gasteiger partial charge in [0.25, 0.3) is 0 Å². The molecule has 1 atom stereocenters. The number of allylic oxidation sites excluding steroid dienone is 10. The fourth-order valence-corrected chi connectivity index (χ4v) is 1.81. The molecular formula is C21H34O. The normalized spacial score (nSPS) is 14.5. The van der Waals surface area contributed by atoms with Gasteiger partial charge in [-0.2, -0.15) is 0 Å². The summed E-state index contributed by atoms with van der Waals surface area (Å²) in [5.41, 5.74) is 0. The lowest BCUT2D eigenvalue weighted by atomic mass is 10.1. The van der Waals surface area contributed by atoms with Gasteiger partial charge in [-0.25, -0.2) is 0 Å². The van der Waals surface area contributed by atoms with Crippen LogP contribution in [0.15, 0.2) is 60.8 Å². The van der Waals surface area contributed by atoms with Crippen molar-refractivity contribution >= 4 is 0 Å². The molecule has 0 bridgehead atoms. The van der Waals surface area contributed by atoms with Crippen molar-refractivity contribution in [2.24, 2.45) is 5.92 Å². The van der Waals surface area contributed by atoms with Crippen LogP contribution in [-0.2, 0) is 0 Å². The molecule has 0 aliphatic carbocycles. The minimum atomic E-state index is 0.279. The van der Waals surface area contributed by atoms with E-state index in [2.05, 4.69) is 74.6 Å². The molecule has 1 unspecified atom stereocenters. The summed E-state index contributed by atoms with van der Waals surface area (Å²) in [5, 5.41) is 8.90. The molecule has 0 aromatic heterocycles. The minimum Gasteiger partial charge on any atom is -0.396 e. The standard InChI is InChI=1S/C21H34O/c1-3-4-5-6-7-8-9-10-11-12-13-14-15-16-17-18-19-21(2)20-22/h4-5,7-8,10-11,13-14,17-18,21-22H,3,6,9,12,15-16,19-20H2,1-2H3/b5-4-,8-7-,11-10-,14-13-,18-17+. The summed E-state index contributed by atoms with van der Waals surface area (Å²) in [4.78, 5) is 0. The molecule has 0 aromatic rings. The van der Waals surface area contributed by atoms with Crippen molar-refractivity contribution in [1.29, 1.82) is 0 Å². The molecule has 0 aliphatic rings. The highest BCUT2D eigenvalue weighted by molar-refractivity contribution is 4.99. The maximum Gasteiger partial charge on any atom is 0.0459 e. The number of hydrogen-bond acceptors (Lipinski definition) is 1. The number of aliphatic hydroxyl groups is 1. The smallest absolute Gasteiger partial charge is 0.0459 e. The number of rotatable bonds is 13. The fourth-order valence-electron chi connectivity index (χ4n) is 1.81. The van der Waals surface area contributed by atoms with Gasteiger partial charge in [-0.1, -0.05) is 74.6 Å². The number of unbranched alkanes of at least 4 members (excludes halogenated alkanes) is 1. The third-order valence-electron chi connectivity index (χ3n) is 3.24. The zero-order chi connectivity index (χ0) is 16.3. The zero-order valence-corrected chi connectivity index (χ0v) is 14.5. The molecule has 1 heteroatoms. The molecule has 0 saturated heterocycles. The Morgan fingerprint density at radius 3 is 1.64 bits per heavy atom. The molecule has 1 N–H and O–H groups in total. The molecule has 0 aliphatic heterocycles. The largest absolute Gasteiger partial charge is 0.396 e. The van der Waals surface area contributed by atoms with E-state index in [0.29, 0.717) is 5.92 Å². The van der Waals surface area contributed by atoms with Crippen molar-refractivity contribution in [3.05, 3.63) is 60.8 Å². The highest BCUT2D eigenvalue weighted by Gasteiger charge is 1.93. The fraction of sp³-hybridized carbons (Fsp3) is 0.524. The Hall–Kier alpha value is -1.34. The summed E-state index contributed by atoms with van der Waals surface area (Å²) in [7, 11) is 0. The Morgan fingerprint density at radius 1 is 0.682 bits per heavy atom. The van der Waals surface area contributed by atoms with Crippen LogP contribution in [0.2, 0.25) is 0 Å². The van der Waals surface area contributed by atoms with Crippen LogP contribution in [0.1, 0.15) is 58.8 Å². The Labute approximate surface area is 137 Å². The maximum absolute atomic E-state index is 8.90. The van der Waals surface area contributed by atoms with Crippen molar-refractivity contribution in [1.82, 2.24) is 0 Å². The van der Waals surface area contributed by atoms with Gasteiger partial charge in [0.2, 0.25) is 0 Å². The van der Waals surface area contributed by atoms with E-state index in [-0.39, 0.29) is 6.61 Å². The highest BCUT2D eigenvalue weighted by atomic mass is 16.3. The van der Waals surface area contributed by atoms with Gasteiger partial charge in [0, 0.05) is 6.61 Å². The number of hydrogen-bond donors (Lipinski definition) is 1. The molecular weight excluding hydrogens is 268 g/mol. The molecule has 0 radical (unpaired) electrons. The molecule has 0 aromatic carbocycles. The van der Waals surface area contributed by atoms with Crippen LogP contribution in [0.3, 0.4) is 0 Å². The topological polar surface area (TPSA) is 20.2 Å². The summed E-state index contributed by atoms with van der Waals surface area (Å²) in [6, 6.07) is 0. The van der Waals surface area contributed by atoms with Gasteiger partial charge in [-0.05, 0) is 50.9 Å². The monoisotopic (exact) mass is 302 g/mol. The molecule has 22 heavy (non-hydrogen) atoms. The van der Waals surface area contributed by atoms with Crippen molar-refractivity contribution in [3.8, 4) is 0 Å². The average molecular weight is 303 g/mol. The second-order valence-corrected chi connectivity index (χ2v) is 5.57. The van der Waals surface area contributed by atoms with Gasteiger partial charge in [0.15, 0.2) is 0 Å². The van der Waals surface area contributed by atoms with E-state index < -0.39 is 0 Å². The minimum absolute atomic E-state index is 0.279. The lowest BCUT2D eigenvalue weighted by Gasteiger charge is -2.00. The Bertz CT molecular complexity index is 358. The summed E-state index contributed by atoms with van der Waals surface area (Å²) in [6.45, 7) is 4.50. The van der Waals surface area contributed by atoms with Crippen LogP contribution in [0.4, 0.5) is 0 Å². The summed E-state index contributed by atoms with van der Waals surface area (Å²) in [5.74, 6) is 0.383. The summed E-state index contributed by atoms with van der Waals surface area (Å²) in [6.07, 6.45) is 29.5. The second-order valence-electron chi connectivity index (χ2n) is 5.57. The van der Waals surface area contributed by atoms with E-state index in [1.54, 1.807) is 0 Å².